The van der Waals surface area contributed by atoms with Crippen molar-refractivity contribution in [3.05, 3.63) is 52.8 Å². The normalized spacial score (nSPS) is 10.7. The number of nitro groups is 1. The molecular weight excluding hydrogens is 246 g/mol. The number of nitrogens with two attached hydrogens (primary N) is 1. The summed E-state index contributed by atoms with van der Waals surface area (Å²) in [5.74, 6) is 0.474. The Hall–Kier alpha value is -2.96. The van der Waals surface area contributed by atoms with E-state index in [9.17, 15) is 10.1 Å². The number of para-hydroxylation sites is 2. The van der Waals surface area contributed by atoms with E-state index in [4.69, 9.17) is 5.73 Å². The van der Waals surface area contributed by atoms with Crippen molar-refractivity contribution in [3.63, 3.8) is 0 Å². The number of pyridine rings is 1. The lowest BCUT2D eigenvalue weighted by atomic mass is 10.3. The maximum atomic E-state index is 10.8. The number of rotatable bonds is 2. The number of nitrogen functional groups attached to an aromatic ring is 1. The summed E-state index contributed by atoms with van der Waals surface area (Å²) in [6, 6.07) is 10.0. The van der Waals surface area contributed by atoms with Crippen molar-refractivity contribution in [2.75, 3.05) is 5.73 Å². The van der Waals surface area contributed by atoms with Gasteiger partial charge in [0.15, 0.2) is 0 Å². The number of fused-ring (bicyclic) bond motifs is 1. The smallest absolute Gasteiger partial charge is 0.276 e. The van der Waals surface area contributed by atoms with Crippen molar-refractivity contribution >= 4 is 22.5 Å². The van der Waals surface area contributed by atoms with Crippen LogP contribution in [0.2, 0.25) is 0 Å². The Kier molecular flexibility index (Phi) is 2.38. The van der Waals surface area contributed by atoms with Crippen LogP contribution in [0.4, 0.5) is 11.5 Å². The Morgan fingerprint density at radius 2 is 2.05 bits per heavy atom. The molecule has 3 aromatic rings. The average molecular weight is 255 g/mol. The predicted molar refractivity (Wildman–Crippen MR) is 69.9 cm³/mol. The minimum Gasteiger partial charge on any atom is -0.383 e. The van der Waals surface area contributed by atoms with Gasteiger partial charge in [0.1, 0.15) is 18.0 Å². The molecule has 0 radical (unpaired) electrons. The van der Waals surface area contributed by atoms with E-state index < -0.39 is 4.92 Å². The molecule has 0 spiro atoms. The van der Waals surface area contributed by atoms with Gasteiger partial charge in [-0.2, -0.15) is 0 Å². The van der Waals surface area contributed by atoms with Crippen molar-refractivity contribution in [2.24, 2.45) is 0 Å². The molecule has 0 saturated heterocycles. The van der Waals surface area contributed by atoms with Gasteiger partial charge >= 0.3 is 0 Å². The van der Waals surface area contributed by atoms with Crippen LogP contribution in [0.15, 0.2) is 42.7 Å². The number of imidazole rings is 1. The van der Waals surface area contributed by atoms with E-state index in [0.29, 0.717) is 5.82 Å². The fraction of sp³-hybridized carbons (Fsp3) is 0. The van der Waals surface area contributed by atoms with E-state index in [2.05, 4.69) is 9.97 Å². The summed E-state index contributed by atoms with van der Waals surface area (Å²) in [5.41, 5.74) is 7.10. The first-order chi connectivity index (χ1) is 9.15. The van der Waals surface area contributed by atoms with Gasteiger partial charge in [0.2, 0.25) is 0 Å². The lowest BCUT2D eigenvalue weighted by molar-refractivity contribution is -0.384. The van der Waals surface area contributed by atoms with Crippen LogP contribution in [0.5, 0.6) is 0 Å². The van der Waals surface area contributed by atoms with Gasteiger partial charge in [-0.3, -0.25) is 14.7 Å². The zero-order valence-electron chi connectivity index (χ0n) is 9.72. The molecular formula is C12H9N5O2. The Morgan fingerprint density at radius 3 is 2.84 bits per heavy atom. The number of anilines is 1. The molecule has 2 aromatic heterocycles. The van der Waals surface area contributed by atoms with Crippen LogP contribution >= 0.6 is 0 Å². The van der Waals surface area contributed by atoms with Gasteiger partial charge in [-0.15, -0.1) is 0 Å². The summed E-state index contributed by atoms with van der Waals surface area (Å²) in [7, 11) is 0. The SMILES string of the molecule is Nc1cc([N+](=O)[O-])cc(-n2cnc3ccccc32)n1. The zero-order valence-corrected chi connectivity index (χ0v) is 9.72. The highest BCUT2D eigenvalue weighted by atomic mass is 16.6. The first-order valence-electron chi connectivity index (χ1n) is 5.49. The molecule has 0 saturated carbocycles. The Balaban J connectivity index is 2.24. The standard InChI is InChI=1S/C12H9N5O2/c13-11-5-8(17(18)19)6-12(15-11)16-7-14-9-3-1-2-4-10(9)16/h1-7H,(H2,13,15). The first kappa shape index (κ1) is 11.1. The van der Waals surface area contributed by atoms with Crippen molar-refractivity contribution in [3.8, 4) is 5.82 Å². The third-order valence-corrected chi connectivity index (χ3v) is 2.73. The number of benzene rings is 1. The summed E-state index contributed by atoms with van der Waals surface area (Å²) in [5, 5.41) is 10.8. The second kappa shape index (κ2) is 4.05. The molecule has 19 heavy (non-hydrogen) atoms. The topological polar surface area (TPSA) is 99.9 Å². The van der Waals surface area contributed by atoms with Crippen molar-refractivity contribution in [1.29, 1.82) is 0 Å². The van der Waals surface area contributed by atoms with Crippen molar-refractivity contribution in [2.45, 2.75) is 0 Å². The van der Waals surface area contributed by atoms with Crippen molar-refractivity contribution in [1.82, 2.24) is 14.5 Å². The lowest BCUT2D eigenvalue weighted by Crippen LogP contribution is -2.01. The molecule has 0 unspecified atom stereocenters. The van der Waals surface area contributed by atoms with Gasteiger partial charge in [-0.1, -0.05) is 12.1 Å². The maximum Gasteiger partial charge on any atom is 0.276 e. The Bertz CT molecular complexity index is 781. The van der Waals surface area contributed by atoms with Crippen LogP contribution in [-0.4, -0.2) is 19.5 Å². The van der Waals surface area contributed by atoms with Gasteiger partial charge in [0, 0.05) is 0 Å². The highest BCUT2D eigenvalue weighted by molar-refractivity contribution is 5.77. The minimum absolute atomic E-state index is 0.0970. The molecule has 2 heterocycles. The summed E-state index contributed by atoms with van der Waals surface area (Å²) in [4.78, 5) is 18.7. The third kappa shape index (κ3) is 1.86. The number of nitrogens with zero attached hydrogens (tertiary/aromatic N) is 4. The summed E-state index contributed by atoms with van der Waals surface area (Å²) < 4.78 is 1.67. The summed E-state index contributed by atoms with van der Waals surface area (Å²) in [6.45, 7) is 0. The maximum absolute atomic E-state index is 10.8. The number of hydrogen-bond donors (Lipinski definition) is 1. The molecule has 3 rings (SSSR count). The van der Waals surface area contributed by atoms with Crippen LogP contribution < -0.4 is 5.73 Å². The third-order valence-electron chi connectivity index (χ3n) is 2.73. The summed E-state index contributed by atoms with van der Waals surface area (Å²) in [6.07, 6.45) is 1.57. The molecule has 0 aliphatic carbocycles. The fourth-order valence-electron chi connectivity index (χ4n) is 1.89. The van der Waals surface area contributed by atoms with Gasteiger partial charge < -0.3 is 5.73 Å². The zero-order chi connectivity index (χ0) is 13.4. The van der Waals surface area contributed by atoms with Crippen molar-refractivity contribution < 1.29 is 4.92 Å². The highest BCUT2D eigenvalue weighted by Crippen LogP contribution is 2.21. The van der Waals surface area contributed by atoms with E-state index in [1.807, 2.05) is 24.3 Å². The average Bonchev–Trinajstić information content (AvgIpc) is 2.81. The monoisotopic (exact) mass is 255 g/mol. The predicted octanol–water partition coefficient (Wildman–Crippen LogP) is 1.91. The molecule has 0 atom stereocenters. The van der Waals surface area contributed by atoms with E-state index in [0.717, 1.165) is 11.0 Å². The molecule has 1 aromatic carbocycles. The van der Waals surface area contributed by atoms with Crippen LogP contribution in [0.1, 0.15) is 0 Å². The van der Waals surface area contributed by atoms with Gasteiger partial charge in [-0.05, 0) is 12.1 Å². The first-order valence-corrected chi connectivity index (χ1v) is 5.49. The largest absolute Gasteiger partial charge is 0.383 e. The fourth-order valence-corrected chi connectivity index (χ4v) is 1.89. The van der Waals surface area contributed by atoms with Crippen LogP contribution in [0, 0.1) is 10.1 Å². The molecule has 0 aliphatic rings. The molecule has 2 N–H and O–H groups in total. The van der Waals surface area contributed by atoms with Crippen LogP contribution in [0.3, 0.4) is 0 Å². The van der Waals surface area contributed by atoms with Gasteiger partial charge in [0.25, 0.3) is 5.69 Å². The van der Waals surface area contributed by atoms with E-state index in [1.165, 1.54) is 12.1 Å². The van der Waals surface area contributed by atoms with Gasteiger partial charge in [0.05, 0.1) is 28.1 Å². The van der Waals surface area contributed by atoms with Crippen LogP contribution in [0.25, 0.3) is 16.9 Å². The number of aromatic nitrogens is 3. The second-order valence-corrected chi connectivity index (χ2v) is 3.97. The molecule has 0 aliphatic heterocycles. The molecule has 0 amide bonds. The molecule has 0 bridgehead atoms. The van der Waals surface area contributed by atoms with Crippen LogP contribution in [-0.2, 0) is 0 Å². The van der Waals surface area contributed by atoms with E-state index in [1.54, 1.807) is 10.9 Å². The number of hydrogen-bond acceptors (Lipinski definition) is 5. The summed E-state index contributed by atoms with van der Waals surface area (Å²) >= 11 is 0. The second-order valence-electron chi connectivity index (χ2n) is 3.97. The molecule has 94 valence electrons. The molecule has 7 heteroatoms. The minimum atomic E-state index is -0.499. The van der Waals surface area contributed by atoms with Gasteiger partial charge in [-0.25, -0.2) is 9.97 Å². The quantitative estimate of drug-likeness (QED) is 0.557. The Morgan fingerprint density at radius 1 is 1.26 bits per heavy atom. The molecule has 7 nitrogen and oxygen atoms in total. The Labute approximate surface area is 107 Å². The van der Waals surface area contributed by atoms with E-state index >= 15 is 0 Å². The highest BCUT2D eigenvalue weighted by Gasteiger charge is 2.12. The van der Waals surface area contributed by atoms with E-state index in [-0.39, 0.29) is 11.5 Å². The lowest BCUT2D eigenvalue weighted by Gasteiger charge is -2.04. The molecule has 0 fully saturated rings.